The predicted molar refractivity (Wildman–Crippen MR) is 179 cm³/mol. The summed E-state index contributed by atoms with van der Waals surface area (Å²) in [5.41, 5.74) is 3.42. The molecule has 2 atom stereocenters. The predicted octanol–water partition coefficient (Wildman–Crippen LogP) is 6.31. The molecule has 2 aliphatic heterocycles. The van der Waals surface area contributed by atoms with E-state index >= 15 is 0 Å². The molecule has 0 bridgehead atoms. The second kappa shape index (κ2) is 11.6. The number of aryl methyl sites for hydroxylation is 2. The molecule has 0 amide bonds. The Bertz CT molecular complexity index is 2200. The van der Waals surface area contributed by atoms with Gasteiger partial charge in [0, 0.05) is 47.9 Å². The number of terminal acetylenes is 1. The number of phenolic OH excluding ortho intramolecular Hbond substituents is 1. The Morgan fingerprint density at radius 2 is 2.08 bits per heavy atom. The van der Waals surface area contributed by atoms with E-state index in [2.05, 4.69) is 26.1 Å². The molecule has 3 aliphatic rings. The molecule has 3 N–H and O–H groups in total. The van der Waals surface area contributed by atoms with Crippen molar-refractivity contribution >= 4 is 27.5 Å². The van der Waals surface area contributed by atoms with E-state index in [-0.39, 0.29) is 52.0 Å². The van der Waals surface area contributed by atoms with Crippen molar-refractivity contribution in [2.45, 2.75) is 70.1 Å². The highest BCUT2D eigenvalue weighted by Crippen LogP contribution is 2.41. The van der Waals surface area contributed by atoms with E-state index in [1.54, 1.807) is 6.92 Å². The molecule has 2 aromatic carbocycles. The molecule has 8 rings (SSSR count). The van der Waals surface area contributed by atoms with Gasteiger partial charge in [0.25, 0.3) is 0 Å². The highest BCUT2D eigenvalue weighted by atomic mass is 19.1. The maximum atomic E-state index is 14.9. The number of ether oxygens (including phenoxy) is 1. The van der Waals surface area contributed by atoms with Crippen molar-refractivity contribution in [2.24, 2.45) is 0 Å². The van der Waals surface area contributed by atoms with Gasteiger partial charge in [-0.15, -0.1) is 6.42 Å². The Hall–Kier alpha value is -4.95. The monoisotopic (exact) mass is 651 g/mol. The second-order valence-corrected chi connectivity index (χ2v) is 13.3. The van der Waals surface area contributed by atoms with Gasteiger partial charge in [-0.3, -0.25) is 4.90 Å². The number of nitrogens with zero attached hydrogens (tertiary/aromatic N) is 3. The fourth-order valence-electron chi connectivity index (χ4n) is 8.09. The molecule has 0 unspecified atom stereocenters. The third-order valence-electron chi connectivity index (χ3n) is 10.4. The van der Waals surface area contributed by atoms with Crippen molar-refractivity contribution in [1.82, 2.24) is 19.9 Å². The summed E-state index contributed by atoms with van der Waals surface area (Å²) in [5.74, 6) is 2.02. The summed E-state index contributed by atoms with van der Waals surface area (Å²) in [5, 5.41) is 14.9. The zero-order valence-electron chi connectivity index (χ0n) is 26.6. The van der Waals surface area contributed by atoms with Crippen molar-refractivity contribution in [3.8, 4) is 35.4 Å². The molecule has 0 saturated carbocycles. The van der Waals surface area contributed by atoms with Crippen LogP contribution in [-0.2, 0) is 19.4 Å². The third kappa shape index (κ3) is 4.97. The smallest absolute Gasteiger partial charge is 0.349 e. The van der Waals surface area contributed by atoms with Gasteiger partial charge >= 0.3 is 11.6 Å². The summed E-state index contributed by atoms with van der Waals surface area (Å²) in [6.07, 6.45) is 13.2. The zero-order chi connectivity index (χ0) is 33.2. The van der Waals surface area contributed by atoms with Gasteiger partial charge < -0.3 is 24.6 Å². The molecule has 5 heterocycles. The Kier molecular flexibility index (Phi) is 7.36. The number of H-pyrrole nitrogens is 1. The van der Waals surface area contributed by atoms with Crippen LogP contribution in [0, 0.1) is 25.1 Å². The standard InChI is InChI=1S/C37H35F2N5O4/c1-3-25-28(39)10-9-21-13-24(45)14-27(30(21)25)33-20(2)32-31(35(46)48-33)34(41-17-22-16-40-29-8-5-4-7-26(22)29)43-36(42-32)47-19-37-11-6-12-44(37)18-23(38)15-37/h1,9-10,13-14,16,23,40,45H,4-8,11-12,15,17-19H2,2H3,(H,41,42,43)/t23-,37+/m1/s1. The number of aromatic amines is 1. The summed E-state index contributed by atoms with van der Waals surface area (Å²) >= 11 is 0. The highest BCUT2D eigenvalue weighted by molar-refractivity contribution is 6.03. The van der Waals surface area contributed by atoms with Crippen LogP contribution in [0.25, 0.3) is 33.0 Å². The van der Waals surface area contributed by atoms with E-state index in [0.29, 0.717) is 35.8 Å². The lowest BCUT2D eigenvalue weighted by molar-refractivity contribution is 0.107. The zero-order valence-corrected chi connectivity index (χ0v) is 26.6. The molecule has 246 valence electrons. The number of aromatic nitrogens is 3. The first-order valence-electron chi connectivity index (χ1n) is 16.5. The minimum atomic E-state index is -0.916. The average molecular weight is 652 g/mol. The van der Waals surface area contributed by atoms with Gasteiger partial charge in [-0.2, -0.15) is 9.97 Å². The van der Waals surface area contributed by atoms with Crippen LogP contribution in [0.5, 0.6) is 11.8 Å². The van der Waals surface area contributed by atoms with E-state index in [4.69, 9.17) is 20.6 Å². The summed E-state index contributed by atoms with van der Waals surface area (Å²) in [7, 11) is 0. The summed E-state index contributed by atoms with van der Waals surface area (Å²) in [6.45, 7) is 3.55. The molecular formula is C37H35F2N5O4. The van der Waals surface area contributed by atoms with Gasteiger partial charge in [0.1, 0.15) is 41.3 Å². The number of phenols is 1. The van der Waals surface area contributed by atoms with Crippen molar-refractivity contribution in [2.75, 3.05) is 25.0 Å². The lowest BCUT2D eigenvalue weighted by Crippen LogP contribution is -2.43. The van der Waals surface area contributed by atoms with Crippen LogP contribution in [0.4, 0.5) is 14.6 Å². The molecule has 48 heavy (non-hydrogen) atoms. The lowest BCUT2D eigenvalue weighted by Gasteiger charge is -2.30. The first-order valence-corrected chi connectivity index (χ1v) is 16.5. The van der Waals surface area contributed by atoms with E-state index in [1.165, 1.54) is 35.5 Å². The van der Waals surface area contributed by atoms with Gasteiger partial charge in [-0.25, -0.2) is 13.6 Å². The molecule has 0 radical (unpaired) electrons. The highest BCUT2D eigenvalue weighted by Gasteiger charge is 2.49. The molecule has 5 aromatic rings. The third-order valence-corrected chi connectivity index (χ3v) is 10.4. The first-order chi connectivity index (χ1) is 23.2. The van der Waals surface area contributed by atoms with Crippen molar-refractivity contribution in [3.05, 3.63) is 74.6 Å². The number of rotatable bonds is 7. The number of anilines is 1. The normalized spacial score (nSPS) is 20.6. The van der Waals surface area contributed by atoms with E-state index in [1.807, 2.05) is 6.20 Å². The fourth-order valence-corrected chi connectivity index (χ4v) is 8.09. The van der Waals surface area contributed by atoms with Crippen LogP contribution in [0.3, 0.4) is 0 Å². The quantitative estimate of drug-likeness (QED) is 0.175. The molecule has 9 nitrogen and oxygen atoms in total. The van der Waals surface area contributed by atoms with Gasteiger partial charge in [-0.05, 0) is 86.7 Å². The Labute approximate surface area is 275 Å². The minimum Gasteiger partial charge on any atom is -0.508 e. The maximum Gasteiger partial charge on any atom is 0.349 e. The number of alkyl halides is 1. The number of nitrogens with one attached hydrogen (secondary N) is 2. The number of aromatic hydroxyl groups is 1. The van der Waals surface area contributed by atoms with Crippen LogP contribution in [0.1, 0.15) is 60.1 Å². The van der Waals surface area contributed by atoms with E-state index < -0.39 is 23.2 Å². The molecule has 0 spiro atoms. The number of hydrogen-bond donors (Lipinski definition) is 3. The summed E-state index contributed by atoms with van der Waals surface area (Å²) in [4.78, 5) is 28.8. The Morgan fingerprint density at radius 1 is 1.23 bits per heavy atom. The summed E-state index contributed by atoms with van der Waals surface area (Å²) < 4.78 is 41.7. The number of halogens is 2. The molecular weight excluding hydrogens is 616 g/mol. The minimum absolute atomic E-state index is 0.0170. The topological polar surface area (TPSA) is 117 Å². The number of benzene rings is 2. The largest absolute Gasteiger partial charge is 0.508 e. The SMILES string of the molecule is C#Cc1c(F)ccc2cc(O)cc(-c3oc(=O)c4c(NCc5c[nH]c6c5CCCC6)nc(OC[C@@]56CCCN5C[C@H](F)C6)nc4c3C)c12. The Balaban J connectivity index is 1.26. The molecule has 2 saturated heterocycles. The van der Waals surface area contributed by atoms with Crippen LogP contribution in [0.2, 0.25) is 0 Å². The van der Waals surface area contributed by atoms with E-state index in [0.717, 1.165) is 50.6 Å². The van der Waals surface area contributed by atoms with Crippen LogP contribution >= 0.6 is 0 Å². The van der Waals surface area contributed by atoms with Crippen molar-refractivity contribution < 1.29 is 23.0 Å². The van der Waals surface area contributed by atoms with Crippen LogP contribution in [-0.4, -0.2) is 56.4 Å². The molecule has 1 aliphatic carbocycles. The van der Waals surface area contributed by atoms with E-state index in [9.17, 15) is 18.7 Å². The van der Waals surface area contributed by atoms with Gasteiger partial charge in [0.15, 0.2) is 0 Å². The number of hydrogen-bond acceptors (Lipinski definition) is 8. The molecule has 3 aromatic heterocycles. The molecule has 11 heteroatoms. The van der Waals surface area contributed by atoms with Gasteiger partial charge in [0.2, 0.25) is 0 Å². The maximum absolute atomic E-state index is 14.9. The lowest BCUT2D eigenvalue weighted by atomic mass is 9.95. The average Bonchev–Trinajstić information content (AvgIpc) is 3.76. The Morgan fingerprint density at radius 3 is 2.94 bits per heavy atom. The second-order valence-electron chi connectivity index (χ2n) is 13.3. The van der Waals surface area contributed by atoms with Gasteiger partial charge in [0.05, 0.1) is 16.6 Å². The van der Waals surface area contributed by atoms with Crippen molar-refractivity contribution in [3.63, 3.8) is 0 Å². The van der Waals surface area contributed by atoms with Crippen molar-refractivity contribution in [1.29, 1.82) is 0 Å². The summed E-state index contributed by atoms with van der Waals surface area (Å²) in [6, 6.07) is 5.66. The van der Waals surface area contributed by atoms with Gasteiger partial charge in [-0.1, -0.05) is 12.0 Å². The van der Waals surface area contributed by atoms with Crippen LogP contribution < -0.4 is 15.7 Å². The first kappa shape index (κ1) is 30.4. The fraction of sp³-hybridized carbons (Fsp3) is 0.378. The molecule has 2 fully saturated rings. The van der Waals surface area contributed by atoms with Crippen LogP contribution in [0.15, 0.2) is 39.7 Å². The number of fused-ring (bicyclic) bond motifs is 4.